The van der Waals surface area contributed by atoms with Gasteiger partial charge >= 0.3 is 0 Å². The van der Waals surface area contributed by atoms with Gasteiger partial charge in [-0.25, -0.2) is 0 Å². The predicted molar refractivity (Wildman–Crippen MR) is 62.7 cm³/mol. The lowest BCUT2D eigenvalue weighted by molar-refractivity contribution is 0.225. The highest BCUT2D eigenvalue weighted by atomic mass is 15.2. The van der Waals surface area contributed by atoms with Crippen molar-refractivity contribution in [2.24, 2.45) is 0 Å². The molecule has 0 aliphatic heterocycles. The lowest BCUT2D eigenvalue weighted by Crippen LogP contribution is -2.40. The predicted octanol–water partition coefficient (Wildman–Crippen LogP) is 1.23. The van der Waals surface area contributed by atoms with Crippen molar-refractivity contribution in [3.05, 3.63) is 18.0 Å². The molecule has 0 amide bonds. The van der Waals surface area contributed by atoms with Crippen LogP contribution >= 0.6 is 0 Å². The van der Waals surface area contributed by atoms with Gasteiger partial charge in [-0.1, -0.05) is 13.8 Å². The molecule has 0 bridgehead atoms. The highest BCUT2D eigenvalue weighted by molar-refractivity contribution is 4.96. The normalized spacial score (nSPS) is 13.3. The van der Waals surface area contributed by atoms with Crippen LogP contribution in [0.2, 0.25) is 0 Å². The van der Waals surface area contributed by atoms with Gasteiger partial charge in [0.15, 0.2) is 0 Å². The SMILES string of the molecule is CCN(CC)C(C)CNCc1ccn[nH]1. The van der Waals surface area contributed by atoms with Crippen molar-refractivity contribution in [3.63, 3.8) is 0 Å². The van der Waals surface area contributed by atoms with Crippen molar-refractivity contribution in [1.29, 1.82) is 0 Å². The van der Waals surface area contributed by atoms with E-state index < -0.39 is 0 Å². The molecule has 0 spiro atoms. The topological polar surface area (TPSA) is 44.0 Å². The second-order valence-electron chi connectivity index (χ2n) is 3.78. The molecule has 4 nitrogen and oxygen atoms in total. The maximum atomic E-state index is 3.91. The van der Waals surface area contributed by atoms with E-state index in [-0.39, 0.29) is 0 Å². The van der Waals surface area contributed by atoms with E-state index in [1.807, 2.05) is 6.07 Å². The maximum absolute atomic E-state index is 3.91. The molecular formula is C11H22N4. The van der Waals surface area contributed by atoms with Gasteiger partial charge in [-0.2, -0.15) is 5.10 Å². The standard InChI is InChI=1S/C11H22N4/c1-4-15(5-2)10(3)8-12-9-11-6-7-13-14-11/h6-7,10,12H,4-5,8-9H2,1-3H3,(H,13,14). The van der Waals surface area contributed by atoms with Crippen LogP contribution in [0.1, 0.15) is 26.5 Å². The third-order valence-electron chi connectivity index (χ3n) is 2.75. The number of hydrogen-bond acceptors (Lipinski definition) is 3. The molecule has 1 atom stereocenters. The number of nitrogens with one attached hydrogen (secondary N) is 2. The van der Waals surface area contributed by atoms with Gasteiger partial charge in [0, 0.05) is 31.0 Å². The Morgan fingerprint density at radius 3 is 2.73 bits per heavy atom. The Balaban J connectivity index is 2.19. The fourth-order valence-electron chi connectivity index (χ4n) is 1.77. The van der Waals surface area contributed by atoms with Gasteiger partial charge in [-0.15, -0.1) is 0 Å². The van der Waals surface area contributed by atoms with Gasteiger partial charge in [-0.05, 0) is 26.1 Å². The zero-order valence-corrected chi connectivity index (χ0v) is 9.95. The zero-order valence-electron chi connectivity index (χ0n) is 9.95. The summed E-state index contributed by atoms with van der Waals surface area (Å²) in [7, 11) is 0. The smallest absolute Gasteiger partial charge is 0.0490 e. The molecule has 0 aromatic carbocycles. The summed E-state index contributed by atoms with van der Waals surface area (Å²) in [4.78, 5) is 2.44. The summed E-state index contributed by atoms with van der Waals surface area (Å²) in [6.07, 6.45) is 1.78. The fourth-order valence-corrected chi connectivity index (χ4v) is 1.77. The number of likely N-dealkylation sites (N-methyl/N-ethyl adjacent to an activating group) is 1. The van der Waals surface area contributed by atoms with E-state index in [0.717, 1.165) is 31.9 Å². The second kappa shape index (κ2) is 6.58. The molecule has 1 aromatic heterocycles. The van der Waals surface area contributed by atoms with Crippen LogP contribution in [-0.2, 0) is 6.54 Å². The van der Waals surface area contributed by atoms with Gasteiger partial charge in [0.05, 0.1) is 0 Å². The lowest BCUT2D eigenvalue weighted by Gasteiger charge is -2.26. The molecular weight excluding hydrogens is 188 g/mol. The molecule has 1 heterocycles. The van der Waals surface area contributed by atoms with Crippen molar-refractivity contribution in [1.82, 2.24) is 20.4 Å². The van der Waals surface area contributed by atoms with Crippen LogP contribution in [0, 0.1) is 0 Å². The molecule has 0 radical (unpaired) electrons. The first-order chi connectivity index (χ1) is 7.27. The lowest BCUT2D eigenvalue weighted by atomic mass is 10.2. The van der Waals surface area contributed by atoms with Crippen molar-refractivity contribution >= 4 is 0 Å². The van der Waals surface area contributed by atoms with E-state index in [0.29, 0.717) is 6.04 Å². The molecule has 0 fully saturated rings. The third kappa shape index (κ3) is 4.01. The number of aromatic amines is 1. The van der Waals surface area contributed by atoms with Crippen molar-refractivity contribution in [3.8, 4) is 0 Å². The monoisotopic (exact) mass is 210 g/mol. The van der Waals surface area contributed by atoms with Crippen LogP contribution in [0.25, 0.3) is 0 Å². The van der Waals surface area contributed by atoms with Gasteiger partial charge in [0.25, 0.3) is 0 Å². The molecule has 2 N–H and O–H groups in total. The van der Waals surface area contributed by atoms with Crippen LogP contribution < -0.4 is 5.32 Å². The highest BCUT2D eigenvalue weighted by Crippen LogP contribution is 1.97. The Labute approximate surface area is 92.1 Å². The molecule has 0 aliphatic carbocycles. The van der Waals surface area contributed by atoms with E-state index in [9.17, 15) is 0 Å². The number of nitrogens with zero attached hydrogens (tertiary/aromatic N) is 2. The number of hydrogen-bond donors (Lipinski definition) is 2. The van der Waals surface area contributed by atoms with Gasteiger partial charge in [-0.3, -0.25) is 10.00 Å². The molecule has 1 unspecified atom stereocenters. The van der Waals surface area contributed by atoms with E-state index in [4.69, 9.17) is 0 Å². The van der Waals surface area contributed by atoms with E-state index >= 15 is 0 Å². The van der Waals surface area contributed by atoms with Crippen molar-refractivity contribution < 1.29 is 0 Å². The summed E-state index contributed by atoms with van der Waals surface area (Å²) in [5.41, 5.74) is 1.14. The Morgan fingerprint density at radius 2 is 2.20 bits per heavy atom. The van der Waals surface area contributed by atoms with E-state index in [1.165, 1.54) is 0 Å². The quantitative estimate of drug-likeness (QED) is 0.711. The van der Waals surface area contributed by atoms with Gasteiger partial charge in [0.2, 0.25) is 0 Å². The van der Waals surface area contributed by atoms with E-state index in [1.54, 1.807) is 6.20 Å². The second-order valence-corrected chi connectivity index (χ2v) is 3.78. The number of H-pyrrole nitrogens is 1. The van der Waals surface area contributed by atoms with Crippen LogP contribution in [0.5, 0.6) is 0 Å². The summed E-state index contributed by atoms with van der Waals surface area (Å²) < 4.78 is 0. The zero-order chi connectivity index (χ0) is 11.1. The highest BCUT2D eigenvalue weighted by Gasteiger charge is 2.08. The third-order valence-corrected chi connectivity index (χ3v) is 2.75. The summed E-state index contributed by atoms with van der Waals surface area (Å²) in [5.74, 6) is 0. The molecule has 0 saturated heterocycles. The average molecular weight is 210 g/mol. The summed E-state index contributed by atoms with van der Waals surface area (Å²) >= 11 is 0. The first kappa shape index (κ1) is 12.2. The number of rotatable bonds is 7. The molecule has 0 saturated carbocycles. The molecule has 0 aliphatic rings. The maximum Gasteiger partial charge on any atom is 0.0490 e. The Kier molecular flexibility index (Phi) is 5.36. The van der Waals surface area contributed by atoms with Crippen LogP contribution in [0.3, 0.4) is 0 Å². The summed E-state index contributed by atoms with van der Waals surface area (Å²) in [5, 5.41) is 10.3. The minimum Gasteiger partial charge on any atom is -0.310 e. The molecule has 1 aromatic rings. The molecule has 86 valence electrons. The number of aromatic nitrogens is 2. The molecule has 1 rings (SSSR count). The fraction of sp³-hybridized carbons (Fsp3) is 0.727. The van der Waals surface area contributed by atoms with E-state index in [2.05, 4.69) is 41.2 Å². The summed E-state index contributed by atoms with van der Waals surface area (Å²) in [6, 6.07) is 2.58. The Morgan fingerprint density at radius 1 is 1.47 bits per heavy atom. The van der Waals surface area contributed by atoms with Crippen LogP contribution in [0.15, 0.2) is 12.3 Å². The Hall–Kier alpha value is -0.870. The first-order valence-corrected chi connectivity index (χ1v) is 5.70. The first-order valence-electron chi connectivity index (χ1n) is 5.70. The van der Waals surface area contributed by atoms with Crippen molar-refractivity contribution in [2.75, 3.05) is 19.6 Å². The van der Waals surface area contributed by atoms with Crippen LogP contribution in [0.4, 0.5) is 0 Å². The minimum absolute atomic E-state index is 0.586. The largest absolute Gasteiger partial charge is 0.310 e. The summed E-state index contributed by atoms with van der Waals surface area (Å²) in [6.45, 7) is 10.8. The average Bonchev–Trinajstić information content (AvgIpc) is 2.72. The van der Waals surface area contributed by atoms with Crippen LogP contribution in [-0.4, -0.2) is 40.8 Å². The molecule has 4 heteroatoms. The molecule has 15 heavy (non-hydrogen) atoms. The minimum atomic E-state index is 0.586. The van der Waals surface area contributed by atoms with Crippen molar-refractivity contribution in [2.45, 2.75) is 33.4 Å². The Bertz CT molecular complexity index is 241. The van der Waals surface area contributed by atoms with Gasteiger partial charge < -0.3 is 5.32 Å². The van der Waals surface area contributed by atoms with Gasteiger partial charge in [0.1, 0.15) is 0 Å².